The molecule has 2 amide bonds. The average molecular weight is 225 g/mol. The number of amides is 2. The standard InChI is InChI=1S/C11H19N3O2/c1-8-7-14(6-5-10(8)13-16)11(15)12-9-3-2-4-9/h8-9,16H,2-7H2,1H3,(H,12,15). The molecule has 2 fully saturated rings. The highest BCUT2D eigenvalue weighted by Crippen LogP contribution is 2.19. The molecule has 1 atom stereocenters. The summed E-state index contributed by atoms with van der Waals surface area (Å²) in [6, 6.07) is 0.421. The molecule has 5 heteroatoms. The van der Waals surface area contributed by atoms with E-state index in [9.17, 15) is 4.79 Å². The molecule has 2 N–H and O–H groups in total. The number of oxime groups is 1. The van der Waals surface area contributed by atoms with Crippen LogP contribution in [0.2, 0.25) is 0 Å². The highest BCUT2D eigenvalue weighted by Gasteiger charge is 2.28. The topological polar surface area (TPSA) is 64.9 Å². The fourth-order valence-electron chi connectivity index (χ4n) is 2.17. The van der Waals surface area contributed by atoms with E-state index in [4.69, 9.17) is 5.21 Å². The molecule has 1 saturated carbocycles. The zero-order valence-corrected chi connectivity index (χ0v) is 9.65. The molecule has 2 aliphatic rings. The second-order valence-corrected chi connectivity index (χ2v) is 4.77. The van der Waals surface area contributed by atoms with Crippen molar-refractivity contribution in [3.05, 3.63) is 0 Å². The van der Waals surface area contributed by atoms with Crippen molar-refractivity contribution in [1.82, 2.24) is 10.2 Å². The Balaban J connectivity index is 1.84. The molecule has 1 aliphatic carbocycles. The number of piperidine rings is 1. The molecular formula is C11H19N3O2. The van der Waals surface area contributed by atoms with E-state index in [1.807, 2.05) is 11.8 Å². The van der Waals surface area contributed by atoms with Crippen LogP contribution in [0.4, 0.5) is 4.79 Å². The van der Waals surface area contributed by atoms with Crippen molar-refractivity contribution in [2.24, 2.45) is 11.1 Å². The first-order chi connectivity index (χ1) is 7.70. The van der Waals surface area contributed by atoms with Crippen LogP contribution in [0.15, 0.2) is 5.16 Å². The van der Waals surface area contributed by atoms with E-state index in [2.05, 4.69) is 10.5 Å². The number of nitrogens with one attached hydrogen (secondary N) is 1. The molecule has 0 bridgehead atoms. The Morgan fingerprint density at radius 3 is 2.81 bits per heavy atom. The van der Waals surface area contributed by atoms with Gasteiger partial charge in [-0.2, -0.15) is 0 Å². The Morgan fingerprint density at radius 2 is 2.31 bits per heavy atom. The molecule has 1 aliphatic heterocycles. The van der Waals surface area contributed by atoms with Crippen molar-refractivity contribution >= 4 is 11.7 Å². The predicted octanol–water partition coefficient (Wildman–Crippen LogP) is 1.42. The highest BCUT2D eigenvalue weighted by molar-refractivity contribution is 5.88. The summed E-state index contributed by atoms with van der Waals surface area (Å²) in [6.45, 7) is 3.29. The molecule has 0 aromatic carbocycles. The molecule has 5 nitrogen and oxygen atoms in total. The lowest BCUT2D eigenvalue weighted by Crippen LogP contribution is -2.51. The number of rotatable bonds is 1. The minimum Gasteiger partial charge on any atom is -0.411 e. The summed E-state index contributed by atoms with van der Waals surface area (Å²) in [5.74, 6) is 0.158. The van der Waals surface area contributed by atoms with E-state index in [1.54, 1.807) is 0 Å². The van der Waals surface area contributed by atoms with Gasteiger partial charge in [-0.05, 0) is 19.3 Å². The van der Waals surface area contributed by atoms with Crippen molar-refractivity contribution in [2.45, 2.75) is 38.6 Å². The summed E-state index contributed by atoms with van der Waals surface area (Å²) in [5, 5.41) is 15.0. The fraction of sp³-hybridized carbons (Fsp3) is 0.818. The first-order valence-corrected chi connectivity index (χ1v) is 5.97. The van der Waals surface area contributed by atoms with Crippen molar-refractivity contribution in [3.8, 4) is 0 Å². The van der Waals surface area contributed by atoms with Crippen LogP contribution in [-0.2, 0) is 0 Å². The van der Waals surface area contributed by atoms with Gasteiger partial charge in [-0.3, -0.25) is 0 Å². The maximum absolute atomic E-state index is 11.9. The van der Waals surface area contributed by atoms with E-state index in [1.165, 1.54) is 6.42 Å². The van der Waals surface area contributed by atoms with Crippen molar-refractivity contribution in [1.29, 1.82) is 0 Å². The van der Waals surface area contributed by atoms with Gasteiger partial charge < -0.3 is 15.4 Å². The van der Waals surface area contributed by atoms with E-state index in [0.717, 1.165) is 18.6 Å². The van der Waals surface area contributed by atoms with Gasteiger partial charge in [0, 0.05) is 31.5 Å². The molecule has 0 aromatic heterocycles. The molecule has 90 valence electrons. The minimum absolute atomic E-state index is 0.0357. The summed E-state index contributed by atoms with van der Waals surface area (Å²) in [5.41, 5.74) is 0.799. The predicted molar refractivity (Wildman–Crippen MR) is 60.7 cm³/mol. The molecule has 1 saturated heterocycles. The monoisotopic (exact) mass is 225 g/mol. The Kier molecular flexibility index (Phi) is 3.31. The van der Waals surface area contributed by atoms with Crippen molar-refractivity contribution < 1.29 is 10.0 Å². The van der Waals surface area contributed by atoms with Crippen LogP contribution in [0.3, 0.4) is 0 Å². The van der Waals surface area contributed by atoms with Crippen LogP contribution >= 0.6 is 0 Å². The first kappa shape index (κ1) is 11.2. The molecular weight excluding hydrogens is 206 g/mol. The van der Waals surface area contributed by atoms with Crippen LogP contribution < -0.4 is 5.32 Å². The number of likely N-dealkylation sites (tertiary alicyclic amines) is 1. The van der Waals surface area contributed by atoms with E-state index >= 15 is 0 Å². The summed E-state index contributed by atoms with van der Waals surface area (Å²) < 4.78 is 0. The van der Waals surface area contributed by atoms with Gasteiger partial charge in [0.1, 0.15) is 0 Å². The first-order valence-electron chi connectivity index (χ1n) is 5.97. The van der Waals surface area contributed by atoms with Crippen molar-refractivity contribution in [2.75, 3.05) is 13.1 Å². The molecule has 1 unspecified atom stereocenters. The summed E-state index contributed by atoms with van der Waals surface area (Å²) in [6.07, 6.45) is 4.12. The number of hydrogen-bond donors (Lipinski definition) is 2. The molecule has 0 aromatic rings. The van der Waals surface area contributed by atoms with Crippen LogP contribution in [0.25, 0.3) is 0 Å². The lowest BCUT2D eigenvalue weighted by Gasteiger charge is -2.34. The maximum atomic E-state index is 11.9. The largest absolute Gasteiger partial charge is 0.411 e. The molecule has 0 spiro atoms. The Bertz CT molecular complexity index is 300. The smallest absolute Gasteiger partial charge is 0.317 e. The van der Waals surface area contributed by atoms with Gasteiger partial charge in [-0.1, -0.05) is 12.1 Å². The number of carbonyl (C=O) groups is 1. The lowest BCUT2D eigenvalue weighted by atomic mass is 9.93. The Labute approximate surface area is 95.5 Å². The summed E-state index contributed by atoms with van der Waals surface area (Å²) >= 11 is 0. The SMILES string of the molecule is CC1CN(C(=O)NC2CCC2)CCC1=NO. The third-order valence-electron chi connectivity index (χ3n) is 3.55. The van der Waals surface area contributed by atoms with Gasteiger partial charge in [0.2, 0.25) is 0 Å². The highest BCUT2D eigenvalue weighted by atomic mass is 16.4. The fourth-order valence-corrected chi connectivity index (χ4v) is 2.17. The van der Waals surface area contributed by atoms with E-state index in [-0.39, 0.29) is 11.9 Å². The quantitative estimate of drug-likeness (QED) is 0.523. The van der Waals surface area contributed by atoms with Crippen LogP contribution in [0.1, 0.15) is 32.6 Å². The third-order valence-corrected chi connectivity index (χ3v) is 3.55. The third kappa shape index (κ3) is 2.28. The number of urea groups is 1. The van der Waals surface area contributed by atoms with Gasteiger partial charge in [0.15, 0.2) is 0 Å². The van der Waals surface area contributed by atoms with Gasteiger partial charge >= 0.3 is 6.03 Å². The van der Waals surface area contributed by atoms with Crippen LogP contribution in [0, 0.1) is 5.92 Å². The van der Waals surface area contributed by atoms with E-state index < -0.39 is 0 Å². The lowest BCUT2D eigenvalue weighted by molar-refractivity contribution is 0.178. The van der Waals surface area contributed by atoms with Gasteiger partial charge in [0.05, 0.1) is 5.71 Å². The average Bonchev–Trinajstić information content (AvgIpc) is 2.23. The molecule has 1 heterocycles. The van der Waals surface area contributed by atoms with Crippen LogP contribution in [-0.4, -0.2) is 41.0 Å². The normalized spacial score (nSPS) is 28.9. The zero-order valence-electron chi connectivity index (χ0n) is 9.65. The maximum Gasteiger partial charge on any atom is 0.317 e. The molecule has 0 radical (unpaired) electrons. The number of carbonyl (C=O) groups excluding carboxylic acids is 1. The molecule has 2 rings (SSSR count). The minimum atomic E-state index is 0.0357. The number of hydrogen-bond acceptors (Lipinski definition) is 3. The van der Waals surface area contributed by atoms with Crippen LogP contribution in [0.5, 0.6) is 0 Å². The zero-order chi connectivity index (χ0) is 11.5. The van der Waals surface area contributed by atoms with Gasteiger partial charge in [0.25, 0.3) is 0 Å². The van der Waals surface area contributed by atoms with E-state index in [0.29, 0.717) is 25.6 Å². The number of nitrogens with zero attached hydrogens (tertiary/aromatic N) is 2. The summed E-state index contributed by atoms with van der Waals surface area (Å²) in [7, 11) is 0. The van der Waals surface area contributed by atoms with Gasteiger partial charge in [-0.25, -0.2) is 4.79 Å². The van der Waals surface area contributed by atoms with Crippen molar-refractivity contribution in [3.63, 3.8) is 0 Å². The Hall–Kier alpha value is -1.26. The second-order valence-electron chi connectivity index (χ2n) is 4.77. The molecule has 16 heavy (non-hydrogen) atoms. The summed E-state index contributed by atoms with van der Waals surface area (Å²) in [4.78, 5) is 13.7. The Morgan fingerprint density at radius 1 is 1.56 bits per heavy atom. The second kappa shape index (κ2) is 4.72. The van der Waals surface area contributed by atoms with Gasteiger partial charge in [-0.15, -0.1) is 0 Å².